The van der Waals surface area contributed by atoms with Crippen LogP contribution in [0.15, 0.2) is 0 Å². The molecule has 2 fully saturated rings. The minimum atomic E-state index is -0.366. The van der Waals surface area contributed by atoms with Crippen LogP contribution >= 0.6 is 0 Å². The van der Waals surface area contributed by atoms with E-state index in [0.717, 1.165) is 32.6 Å². The normalized spacial score (nSPS) is 24.2. The molecule has 4 heteroatoms. The average molecular weight is 282 g/mol. The highest BCUT2D eigenvalue weighted by Gasteiger charge is 2.38. The summed E-state index contributed by atoms with van der Waals surface area (Å²) in [5.41, 5.74) is 6.46. The lowest BCUT2D eigenvalue weighted by atomic mass is 9.64. The van der Waals surface area contributed by atoms with Gasteiger partial charge in [-0.05, 0) is 49.4 Å². The van der Waals surface area contributed by atoms with Crippen molar-refractivity contribution >= 4 is 5.91 Å². The molecule has 0 spiro atoms. The lowest BCUT2D eigenvalue weighted by Gasteiger charge is -2.43. The van der Waals surface area contributed by atoms with Gasteiger partial charge in [-0.15, -0.1) is 0 Å². The first-order chi connectivity index (χ1) is 9.52. The van der Waals surface area contributed by atoms with E-state index in [-0.39, 0.29) is 17.9 Å². The molecule has 2 aliphatic rings. The highest BCUT2D eigenvalue weighted by atomic mass is 16.5. The summed E-state index contributed by atoms with van der Waals surface area (Å²) in [4.78, 5) is 12.2. The predicted molar refractivity (Wildman–Crippen MR) is 80.3 cm³/mol. The Labute approximate surface area is 122 Å². The smallest absolute Gasteiger partial charge is 0.237 e. The van der Waals surface area contributed by atoms with Gasteiger partial charge < -0.3 is 15.8 Å². The fourth-order valence-electron chi connectivity index (χ4n) is 3.68. The summed E-state index contributed by atoms with van der Waals surface area (Å²) < 4.78 is 5.33. The Bertz CT molecular complexity index is 320. The van der Waals surface area contributed by atoms with Crippen LogP contribution in [0.1, 0.15) is 52.4 Å². The molecule has 3 N–H and O–H groups in total. The Hall–Kier alpha value is -0.610. The van der Waals surface area contributed by atoms with Crippen molar-refractivity contribution in [3.63, 3.8) is 0 Å². The minimum Gasteiger partial charge on any atom is -0.381 e. The van der Waals surface area contributed by atoms with Crippen molar-refractivity contribution in [3.8, 4) is 0 Å². The maximum absolute atomic E-state index is 12.2. The van der Waals surface area contributed by atoms with Crippen LogP contribution in [0.2, 0.25) is 0 Å². The van der Waals surface area contributed by atoms with Crippen LogP contribution < -0.4 is 11.1 Å². The number of carbonyl (C=O) groups excluding carboxylic acids is 1. The molecule has 1 atom stereocenters. The summed E-state index contributed by atoms with van der Waals surface area (Å²) in [6.07, 6.45) is 6.82. The molecule has 20 heavy (non-hydrogen) atoms. The number of ether oxygens (including phenoxy) is 1. The van der Waals surface area contributed by atoms with Crippen LogP contribution in [0, 0.1) is 17.3 Å². The first-order valence-corrected chi connectivity index (χ1v) is 8.13. The first-order valence-electron chi connectivity index (χ1n) is 8.13. The van der Waals surface area contributed by atoms with Crippen LogP contribution in [-0.4, -0.2) is 31.7 Å². The molecular formula is C16H30N2O2. The van der Waals surface area contributed by atoms with Crippen molar-refractivity contribution < 1.29 is 9.53 Å². The Morgan fingerprint density at radius 3 is 2.50 bits per heavy atom. The molecular weight excluding hydrogens is 252 g/mol. The Balaban J connectivity index is 1.78. The highest BCUT2D eigenvalue weighted by molar-refractivity contribution is 5.81. The van der Waals surface area contributed by atoms with Gasteiger partial charge in [-0.3, -0.25) is 4.79 Å². The number of rotatable bonds is 6. The van der Waals surface area contributed by atoms with Crippen LogP contribution in [0.25, 0.3) is 0 Å². The third-order valence-electron chi connectivity index (χ3n) is 4.97. The zero-order valence-electron chi connectivity index (χ0n) is 13.0. The van der Waals surface area contributed by atoms with Crippen molar-refractivity contribution in [2.75, 3.05) is 19.8 Å². The summed E-state index contributed by atoms with van der Waals surface area (Å²) >= 11 is 0. The fraction of sp³-hybridized carbons (Fsp3) is 0.938. The highest BCUT2D eigenvalue weighted by Crippen LogP contribution is 2.45. The molecule has 0 bridgehead atoms. The summed E-state index contributed by atoms with van der Waals surface area (Å²) in [6.45, 7) is 6.80. The van der Waals surface area contributed by atoms with Gasteiger partial charge in [0, 0.05) is 19.8 Å². The standard InChI is InChI=1S/C16H30N2O2/c1-12(2)10-16(6-3-7-16)11-18-15(19)14(17)13-4-8-20-9-5-13/h12-14H,3-11,17H2,1-2H3,(H,18,19). The quantitative estimate of drug-likeness (QED) is 0.784. The maximum Gasteiger partial charge on any atom is 0.237 e. The van der Waals surface area contributed by atoms with E-state index in [4.69, 9.17) is 10.5 Å². The van der Waals surface area contributed by atoms with Crippen LogP contribution in [0.4, 0.5) is 0 Å². The van der Waals surface area contributed by atoms with E-state index in [0.29, 0.717) is 11.3 Å². The lowest BCUT2D eigenvalue weighted by molar-refractivity contribution is -0.125. The molecule has 1 heterocycles. The van der Waals surface area contributed by atoms with Gasteiger partial charge in [0.25, 0.3) is 0 Å². The summed E-state index contributed by atoms with van der Waals surface area (Å²) in [6, 6.07) is -0.366. The number of carbonyl (C=O) groups is 1. The van der Waals surface area contributed by atoms with Gasteiger partial charge >= 0.3 is 0 Å². The topological polar surface area (TPSA) is 64.4 Å². The van der Waals surface area contributed by atoms with E-state index in [9.17, 15) is 4.79 Å². The average Bonchev–Trinajstić information content (AvgIpc) is 2.41. The van der Waals surface area contributed by atoms with Crippen molar-refractivity contribution in [3.05, 3.63) is 0 Å². The maximum atomic E-state index is 12.2. The van der Waals surface area contributed by atoms with Gasteiger partial charge in [-0.2, -0.15) is 0 Å². The van der Waals surface area contributed by atoms with Crippen LogP contribution in [0.5, 0.6) is 0 Å². The van der Waals surface area contributed by atoms with Crippen LogP contribution in [-0.2, 0) is 9.53 Å². The number of nitrogens with two attached hydrogens (primary N) is 1. The Kier molecular flexibility index (Phi) is 5.44. The van der Waals surface area contributed by atoms with Crippen molar-refractivity contribution in [1.82, 2.24) is 5.32 Å². The minimum absolute atomic E-state index is 0.0342. The summed E-state index contributed by atoms with van der Waals surface area (Å²) in [7, 11) is 0. The number of amides is 1. The number of hydrogen-bond acceptors (Lipinski definition) is 3. The fourth-order valence-corrected chi connectivity index (χ4v) is 3.68. The molecule has 2 rings (SSSR count). The van der Waals surface area contributed by atoms with E-state index in [1.807, 2.05) is 0 Å². The Morgan fingerprint density at radius 1 is 1.35 bits per heavy atom. The molecule has 0 radical (unpaired) electrons. The molecule has 1 amide bonds. The van der Waals surface area contributed by atoms with Crippen molar-refractivity contribution in [2.45, 2.75) is 58.4 Å². The molecule has 0 aromatic heterocycles. The van der Waals surface area contributed by atoms with Gasteiger partial charge in [-0.1, -0.05) is 20.3 Å². The summed E-state index contributed by atoms with van der Waals surface area (Å²) in [5, 5.41) is 3.12. The number of hydrogen-bond donors (Lipinski definition) is 2. The molecule has 1 aliphatic heterocycles. The van der Waals surface area contributed by atoms with E-state index < -0.39 is 0 Å². The van der Waals surface area contributed by atoms with E-state index >= 15 is 0 Å². The molecule has 1 aliphatic carbocycles. The second-order valence-corrected chi connectivity index (χ2v) is 7.14. The van der Waals surface area contributed by atoms with E-state index in [2.05, 4.69) is 19.2 Å². The lowest BCUT2D eigenvalue weighted by Crippen LogP contribution is -2.51. The molecule has 0 aromatic rings. The van der Waals surface area contributed by atoms with Gasteiger partial charge in [0.1, 0.15) is 0 Å². The molecule has 116 valence electrons. The largest absolute Gasteiger partial charge is 0.381 e. The van der Waals surface area contributed by atoms with Gasteiger partial charge in [0.15, 0.2) is 0 Å². The molecule has 1 saturated heterocycles. The third-order valence-corrected chi connectivity index (χ3v) is 4.97. The van der Waals surface area contributed by atoms with Gasteiger partial charge in [0.2, 0.25) is 5.91 Å². The van der Waals surface area contributed by atoms with Crippen molar-refractivity contribution in [2.24, 2.45) is 23.0 Å². The number of nitrogens with one attached hydrogen (secondary N) is 1. The Morgan fingerprint density at radius 2 is 2.00 bits per heavy atom. The first kappa shape index (κ1) is 15.8. The van der Waals surface area contributed by atoms with E-state index in [1.54, 1.807) is 0 Å². The second kappa shape index (κ2) is 6.90. The van der Waals surface area contributed by atoms with Gasteiger partial charge in [0.05, 0.1) is 6.04 Å². The zero-order valence-corrected chi connectivity index (χ0v) is 13.0. The molecule has 4 nitrogen and oxygen atoms in total. The van der Waals surface area contributed by atoms with Gasteiger partial charge in [-0.25, -0.2) is 0 Å². The monoisotopic (exact) mass is 282 g/mol. The second-order valence-electron chi connectivity index (χ2n) is 7.14. The molecule has 1 unspecified atom stereocenters. The third kappa shape index (κ3) is 3.95. The predicted octanol–water partition coefficient (Wildman–Crippen LogP) is 2.07. The molecule has 0 aromatic carbocycles. The molecule has 1 saturated carbocycles. The van der Waals surface area contributed by atoms with Crippen LogP contribution in [0.3, 0.4) is 0 Å². The zero-order chi connectivity index (χ0) is 14.6. The SMILES string of the molecule is CC(C)CC1(CNC(=O)C(N)C2CCOCC2)CCC1. The van der Waals surface area contributed by atoms with E-state index in [1.165, 1.54) is 25.7 Å². The van der Waals surface area contributed by atoms with Crippen molar-refractivity contribution in [1.29, 1.82) is 0 Å². The summed E-state index contributed by atoms with van der Waals surface area (Å²) in [5.74, 6) is 1.01.